The summed E-state index contributed by atoms with van der Waals surface area (Å²) in [5, 5.41) is 0. The minimum absolute atomic E-state index is 0.303. The maximum atomic E-state index is 13.1. The third kappa shape index (κ3) is 3.51. The SMILES string of the molecule is Cc1ccc(Br)cc1CCN(C)c1ccc(F)cc1N. The fourth-order valence-corrected chi connectivity index (χ4v) is 2.60. The number of anilines is 2. The zero-order valence-corrected chi connectivity index (χ0v) is 13.2. The Kier molecular flexibility index (Phi) is 4.65. The summed E-state index contributed by atoms with van der Waals surface area (Å²) in [7, 11) is 1.97. The van der Waals surface area contributed by atoms with Gasteiger partial charge >= 0.3 is 0 Å². The number of nitrogen functional groups attached to an aromatic ring is 1. The average Bonchev–Trinajstić information content (AvgIpc) is 2.39. The molecule has 0 unspecified atom stereocenters. The first kappa shape index (κ1) is 14.9. The van der Waals surface area contributed by atoms with Crippen molar-refractivity contribution >= 4 is 27.3 Å². The third-order valence-corrected chi connectivity index (χ3v) is 3.92. The van der Waals surface area contributed by atoms with Gasteiger partial charge in [0.15, 0.2) is 0 Å². The topological polar surface area (TPSA) is 29.3 Å². The van der Waals surface area contributed by atoms with E-state index in [1.54, 1.807) is 6.07 Å². The van der Waals surface area contributed by atoms with Crippen LogP contribution in [0.5, 0.6) is 0 Å². The highest BCUT2D eigenvalue weighted by Crippen LogP contribution is 2.23. The Labute approximate surface area is 127 Å². The highest BCUT2D eigenvalue weighted by molar-refractivity contribution is 9.10. The van der Waals surface area contributed by atoms with Gasteiger partial charge in [-0.3, -0.25) is 0 Å². The summed E-state index contributed by atoms with van der Waals surface area (Å²) in [6.45, 7) is 2.93. The Balaban J connectivity index is 2.08. The first-order chi connectivity index (χ1) is 9.47. The molecule has 0 aliphatic rings. The van der Waals surface area contributed by atoms with Gasteiger partial charge in [0.25, 0.3) is 0 Å². The lowest BCUT2D eigenvalue weighted by atomic mass is 10.1. The molecule has 2 nitrogen and oxygen atoms in total. The summed E-state index contributed by atoms with van der Waals surface area (Å²) in [4.78, 5) is 2.05. The van der Waals surface area contributed by atoms with Gasteiger partial charge in [0.2, 0.25) is 0 Å². The molecule has 0 fully saturated rings. The van der Waals surface area contributed by atoms with Crippen molar-refractivity contribution in [3.63, 3.8) is 0 Å². The molecule has 0 bridgehead atoms. The van der Waals surface area contributed by atoms with E-state index in [1.165, 1.54) is 23.3 Å². The molecule has 0 aliphatic carbocycles. The van der Waals surface area contributed by atoms with Gasteiger partial charge in [-0.05, 0) is 54.8 Å². The molecule has 20 heavy (non-hydrogen) atoms. The Morgan fingerprint density at radius 1 is 1.20 bits per heavy atom. The molecule has 106 valence electrons. The molecule has 4 heteroatoms. The van der Waals surface area contributed by atoms with Gasteiger partial charge in [0.05, 0.1) is 11.4 Å². The lowest BCUT2D eigenvalue weighted by Gasteiger charge is -2.21. The Bertz CT molecular complexity index is 613. The van der Waals surface area contributed by atoms with Crippen molar-refractivity contribution in [2.24, 2.45) is 0 Å². The van der Waals surface area contributed by atoms with Crippen molar-refractivity contribution in [3.8, 4) is 0 Å². The largest absolute Gasteiger partial charge is 0.397 e. The standard InChI is InChI=1S/C16H18BrFN2/c1-11-3-4-13(17)9-12(11)7-8-20(2)16-6-5-14(18)10-15(16)19/h3-6,9-10H,7-8,19H2,1-2H3. The summed E-state index contributed by atoms with van der Waals surface area (Å²) in [5.41, 5.74) is 9.76. The monoisotopic (exact) mass is 336 g/mol. The van der Waals surface area contributed by atoms with Gasteiger partial charge in [-0.2, -0.15) is 0 Å². The van der Waals surface area contributed by atoms with E-state index in [-0.39, 0.29) is 5.82 Å². The molecule has 2 N–H and O–H groups in total. The fraction of sp³-hybridized carbons (Fsp3) is 0.250. The van der Waals surface area contributed by atoms with E-state index >= 15 is 0 Å². The van der Waals surface area contributed by atoms with Crippen molar-refractivity contribution in [2.75, 3.05) is 24.2 Å². The van der Waals surface area contributed by atoms with Crippen molar-refractivity contribution in [1.82, 2.24) is 0 Å². The smallest absolute Gasteiger partial charge is 0.125 e. The van der Waals surface area contributed by atoms with E-state index < -0.39 is 0 Å². The molecule has 2 aromatic rings. The Hall–Kier alpha value is -1.55. The van der Waals surface area contributed by atoms with Gasteiger partial charge in [0.1, 0.15) is 5.82 Å². The summed E-state index contributed by atoms with van der Waals surface area (Å²) in [6.07, 6.45) is 0.915. The van der Waals surface area contributed by atoms with Crippen LogP contribution in [0.3, 0.4) is 0 Å². The zero-order chi connectivity index (χ0) is 14.7. The molecule has 0 saturated heterocycles. The summed E-state index contributed by atoms with van der Waals surface area (Å²) in [6, 6.07) is 10.8. The van der Waals surface area contributed by atoms with E-state index in [4.69, 9.17) is 5.73 Å². The van der Waals surface area contributed by atoms with Crippen molar-refractivity contribution < 1.29 is 4.39 Å². The number of aryl methyl sites for hydroxylation is 1. The Morgan fingerprint density at radius 3 is 2.65 bits per heavy atom. The molecule has 0 spiro atoms. The number of benzene rings is 2. The lowest BCUT2D eigenvalue weighted by Crippen LogP contribution is -2.21. The number of likely N-dealkylation sites (N-methyl/N-ethyl adjacent to an activating group) is 1. The molecule has 0 saturated carbocycles. The predicted octanol–water partition coefficient (Wildman–Crippen LogP) is 4.16. The summed E-state index contributed by atoms with van der Waals surface area (Å²) < 4.78 is 14.1. The average molecular weight is 337 g/mol. The van der Waals surface area contributed by atoms with E-state index in [0.717, 1.165) is 23.1 Å². The third-order valence-electron chi connectivity index (χ3n) is 3.43. The molecular weight excluding hydrogens is 319 g/mol. The summed E-state index contributed by atoms with van der Waals surface area (Å²) in [5.74, 6) is -0.303. The number of hydrogen-bond acceptors (Lipinski definition) is 2. The second-order valence-electron chi connectivity index (χ2n) is 4.95. The van der Waals surface area contributed by atoms with Gasteiger partial charge in [-0.15, -0.1) is 0 Å². The van der Waals surface area contributed by atoms with Crippen LogP contribution in [0, 0.1) is 12.7 Å². The van der Waals surface area contributed by atoms with Gasteiger partial charge in [-0.1, -0.05) is 22.0 Å². The maximum Gasteiger partial charge on any atom is 0.125 e. The number of nitrogens with two attached hydrogens (primary N) is 1. The zero-order valence-electron chi connectivity index (χ0n) is 11.7. The molecule has 0 heterocycles. The minimum Gasteiger partial charge on any atom is -0.397 e. The van der Waals surface area contributed by atoms with Gasteiger partial charge in [-0.25, -0.2) is 4.39 Å². The first-order valence-electron chi connectivity index (χ1n) is 6.48. The highest BCUT2D eigenvalue weighted by atomic mass is 79.9. The molecule has 0 aliphatic heterocycles. The molecule has 0 radical (unpaired) electrons. The van der Waals surface area contributed by atoms with E-state index in [1.807, 2.05) is 13.1 Å². The van der Waals surface area contributed by atoms with E-state index in [2.05, 4.69) is 39.9 Å². The number of rotatable bonds is 4. The molecule has 0 amide bonds. The minimum atomic E-state index is -0.303. The van der Waals surface area contributed by atoms with Crippen LogP contribution in [0.25, 0.3) is 0 Å². The fourth-order valence-electron chi connectivity index (χ4n) is 2.19. The van der Waals surface area contributed by atoms with Crippen LogP contribution in [0.2, 0.25) is 0 Å². The first-order valence-corrected chi connectivity index (χ1v) is 7.28. The quantitative estimate of drug-likeness (QED) is 0.849. The number of hydrogen-bond donors (Lipinski definition) is 1. The maximum absolute atomic E-state index is 13.1. The molecule has 0 aromatic heterocycles. The van der Waals surface area contributed by atoms with E-state index in [0.29, 0.717) is 5.69 Å². The Morgan fingerprint density at radius 2 is 1.95 bits per heavy atom. The molecule has 0 atom stereocenters. The number of nitrogens with zero attached hydrogens (tertiary/aromatic N) is 1. The van der Waals surface area contributed by atoms with Gasteiger partial charge < -0.3 is 10.6 Å². The van der Waals surface area contributed by atoms with Crippen LogP contribution in [0.1, 0.15) is 11.1 Å². The highest BCUT2D eigenvalue weighted by Gasteiger charge is 2.07. The lowest BCUT2D eigenvalue weighted by molar-refractivity contribution is 0.628. The second kappa shape index (κ2) is 6.27. The molecule has 2 aromatic carbocycles. The van der Waals surface area contributed by atoms with Crippen LogP contribution >= 0.6 is 15.9 Å². The normalized spacial score (nSPS) is 10.6. The van der Waals surface area contributed by atoms with E-state index in [9.17, 15) is 4.39 Å². The van der Waals surface area contributed by atoms with Crippen LogP contribution in [0.15, 0.2) is 40.9 Å². The number of halogens is 2. The second-order valence-corrected chi connectivity index (χ2v) is 5.86. The molecular formula is C16H18BrFN2. The van der Waals surface area contributed by atoms with Crippen LogP contribution in [0.4, 0.5) is 15.8 Å². The van der Waals surface area contributed by atoms with Crippen molar-refractivity contribution in [3.05, 3.63) is 57.8 Å². The van der Waals surface area contributed by atoms with Crippen LogP contribution < -0.4 is 10.6 Å². The van der Waals surface area contributed by atoms with Crippen LogP contribution in [-0.4, -0.2) is 13.6 Å². The molecule has 2 rings (SSSR count). The van der Waals surface area contributed by atoms with Crippen molar-refractivity contribution in [1.29, 1.82) is 0 Å². The predicted molar refractivity (Wildman–Crippen MR) is 86.7 cm³/mol. The van der Waals surface area contributed by atoms with Gasteiger partial charge in [0, 0.05) is 18.1 Å². The van der Waals surface area contributed by atoms with Crippen molar-refractivity contribution in [2.45, 2.75) is 13.3 Å². The summed E-state index contributed by atoms with van der Waals surface area (Å²) >= 11 is 3.49. The van der Waals surface area contributed by atoms with Crippen LogP contribution in [-0.2, 0) is 6.42 Å².